The van der Waals surface area contributed by atoms with E-state index in [0.29, 0.717) is 23.8 Å². The lowest BCUT2D eigenvalue weighted by molar-refractivity contribution is -0.141. The normalized spacial score (nSPS) is 17.5. The number of nitrogens with one attached hydrogen (secondary N) is 1. The van der Waals surface area contributed by atoms with Crippen molar-refractivity contribution in [1.29, 1.82) is 0 Å². The molecular weight excluding hydrogens is 371 g/mol. The zero-order valence-corrected chi connectivity index (χ0v) is 14.1. The molecule has 0 aliphatic carbocycles. The maximum atomic E-state index is 13.1. The molecule has 0 bridgehead atoms. The van der Waals surface area contributed by atoms with Crippen LogP contribution in [0.25, 0.3) is 5.78 Å². The summed E-state index contributed by atoms with van der Waals surface area (Å²) in [6.45, 7) is 0.508. The minimum absolute atomic E-state index is 0.122. The third kappa shape index (κ3) is 3.14. The second-order valence-corrected chi connectivity index (χ2v) is 6.30. The molecule has 136 valence electrons. The Labute approximate surface area is 151 Å². The molecule has 0 saturated heterocycles. The molecule has 3 heterocycles. The highest BCUT2D eigenvalue weighted by Gasteiger charge is 2.34. The van der Waals surface area contributed by atoms with Crippen LogP contribution in [0.15, 0.2) is 30.6 Å². The van der Waals surface area contributed by atoms with Gasteiger partial charge in [0.15, 0.2) is 5.69 Å². The Hall–Kier alpha value is -2.55. The van der Waals surface area contributed by atoms with Crippen LogP contribution in [0.4, 0.5) is 19.0 Å². The fourth-order valence-corrected chi connectivity index (χ4v) is 3.10. The molecule has 26 heavy (non-hydrogen) atoms. The highest BCUT2D eigenvalue weighted by atomic mass is 35.5. The lowest BCUT2D eigenvalue weighted by Crippen LogP contribution is -2.16. The van der Waals surface area contributed by atoms with Crippen molar-refractivity contribution in [3.8, 4) is 5.75 Å². The van der Waals surface area contributed by atoms with E-state index in [-0.39, 0.29) is 17.6 Å². The van der Waals surface area contributed by atoms with Crippen molar-refractivity contribution in [2.75, 3.05) is 11.9 Å². The molecule has 0 radical (unpaired) electrons. The zero-order valence-electron chi connectivity index (χ0n) is 13.3. The Morgan fingerprint density at radius 3 is 2.92 bits per heavy atom. The van der Waals surface area contributed by atoms with Gasteiger partial charge in [0.1, 0.15) is 17.9 Å². The number of anilines is 1. The van der Waals surface area contributed by atoms with E-state index in [1.165, 1.54) is 4.52 Å². The standard InChI is InChI=1S/C16H13ClF3N5O/c17-9-3-4-10-11(2-1-5-26-12(10)6-9)23-14-7-13(16(18,19)20)24-15-21-8-22-25(14)15/h3-4,6-8,11,23H,1-2,5H2. The predicted molar refractivity (Wildman–Crippen MR) is 88.3 cm³/mol. The molecule has 10 heteroatoms. The van der Waals surface area contributed by atoms with Crippen LogP contribution in [0.5, 0.6) is 5.75 Å². The fraction of sp³-hybridized carbons (Fsp3) is 0.312. The average molecular weight is 384 g/mol. The monoisotopic (exact) mass is 383 g/mol. The number of nitrogens with zero attached hydrogens (tertiary/aromatic N) is 4. The highest BCUT2D eigenvalue weighted by molar-refractivity contribution is 6.30. The van der Waals surface area contributed by atoms with Crippen molar-refractivity contribution in [3.63, 3.8) is 0 Å². The number of fused-ring (bicyclic) bond motifs is 2. The van der Waals surface area contributed by atoms with Crippen molar-refractivity contribution in [1.82, 2.24) is 19.6 Å². The van der Waals surface area contributed by atoms with E-state index in [2.05, 4.69) is 20.4 Å². The van der Waals surface area contributed by atoms with Crippen molar-refractivity contribution < 1.29 is 17.9 Å². The minimum Gasteiger partial charge on any atom is -0.493 e. The molecule has 1 N–H and O–H groups in total. The molecule has 1 aliphatic heterocycles. The molecule has 0 spiro atoms. The van der Waals surface area contributed by atoms with E-state index >= 15 is 0 Å². The molecule has 3 aromatic rings. The van der Waals surface area contributed by atoms with Gasteiger partial charge in [-0.3, -0.25) is 0 Å². The zero-order chi connectivity index (χ0) is 18.3. The van der Waals surface area contributed by atoms with E-state index in [9.17, 15) is 13.2 Å². The first-order valence-electron chi connectivity index (χ1n) is 7.88. The van der Waals surface area contributed by atoms with E-state index < -0.39 is 11.9 Å². The van der Waals surface area contributed by atoms with Crippen LogP contribution in [0.1, 0.15) is 30.1 Å². The number of halogens is 4. The molecule has 2 aromatic heterocycles. The molecular formula is C16H13ClF3N5O. The minimum atomic E-state index is -4.58. The summed E-state index contributed by atoms with van der Waals surface area (Å²) in [5, 5.41) is 7.63. The van der Waals surface area contributed by atoms with Crippen LogP contribution in [-0.4, -0.2) is 26.2 Å². The number of alkyl halides is 3. The van der Waals surface area contributed by atoms with Gasteiger partial charge in [-0.2, -0.15) is 27.8 Å². The van der Waals surface area contributed by atoms with Crippen LogP contribution in [0.2, 0.25) is 5.02 Å². The third-order valence-corrected chi connectivity index (χ3v) is 4.35. The number of benzene rings is 1. The topological polar surface area (TPSA) is 64.3 Å². The molecule has 0 saturated carbocycles. The number of rotatable bonds is 2. The lowest BCUT2D eigenvalue weighted by atomic mass is 10.0. The van der Waals surface area contributed by atoms with Crippen molar-refractivity contribution >= 4 is 23.2 Å². The first kappa shape index (κ1) is 16.9. The molecule has 1 aliphatic rings. The summed E-state index contributed by atoms with van der Waals surface area (Å²) in [5.74, 6) is 0.656. The molecule has 1 aromatic carbocycles. The first-order chi connectivity index (χ1) is 12.4. The van der Waals surface area contributed by atoms with E-state index in [0.717, 1.165) is 24.4 Å². The van der Waals surface area contributed by atoms with Gasteiger partial charge in [0.2, 0.25) is 0 Å². The van der Waals surface area contributed by atoms with Gasteiger partial charge in [0.05, 0.1) is 12.6 Å². The average Bonchev–Trinajstić information content (AvgIpc) is 2.97. The summed E-state index contributed by atoms with van der Waals surface area (Å²) in [5.41, 5.74) is -0.202. The Balaban J connectivity index is 1.77. The van der Waals surface area contributed by atoms with Gasteiger partial charge in [0, 0.05) is 16.7 Å². The SMILES string of the molecule is FC(F)(F)c1cc(NC2CCCOc3cc(Cl)ccc32)n2ncnc2n1. The van der Waals surface area contributed by atoms with Gasteiger partial charge in [-0.1, -0.05) is 17.7 Å². The molecule has 1 unspecified atom stereocenters. The van der Waals surface area contributed by atoms with Gasteiger partial charge in [-0.05, 0) is 25.0 Å². The van der Waals surface area contributed by atoms with Crippen LogP contribution in [0.3, 0.4) is 0 Å². The van der Waals surface area contributed by atoms with E-state index in [4.69, 9.17) is 16.3 Å². The Bertz CT molecular complexity index is 959. The lowest BCUT2D eigenvalue weighted by Gasteiger charge is -2.20. The van der Waals surface area contributed by atoms with E-state index in [1.54, 1.807) is 12.1 Å². The summed E-state index contributed by atoms with van der Waals surface area (Å²) in [4.78, 5) is 7.30. The Kier molecular flexibility index (Phi) is 4.10. The van der Waals surface area contributed by atoms with Gasteiger partial charge >= 0.3 is 6.18 Å². The van der Waals surface area contributed by atoms with E-state index in [1.807, 2.05) is 6.07 Å². The quantitative estimate of drug-likeness (QED) is 0.721. The molecule has 0 amide bonds. The van der Waals surface area contributed by atoms with Crippen LogP contribution >= 0.6 is 11.6 Å². The largest absolute Gasteiger partial charge is 0.493 e. The van der Waals surface area contributed by atoms with Crippen LogP contribution in [0, 0.1) is 0 Å². The third-order valence-electron chi connectivity index (χ3n) is 4.11. The predicted octanol–water partition coefficient (Wildman–Crippen LogP) is 4.12. The first-order valence-corrected chi connectivity index (χ1v) is 8.26. The molecule has 0 fully saturated rings. The molecule has 4 rings (SSSR count). The summed E-state index contributed by atoms with van der Waals surface area (Å²) >= 11 is 6.02. The van der Waals surface area contributed by atoms with Gasteiger partial charge < -0.3 is 10.1 Å². The summed E-state index contributed by atoms with van der Waals surface area (Å²) in [6, 6.07) is 5.91. The summed E-state index contributed by atoms with van der Waals surface area (Å²) in [7, 11) is 0. The number of hydrogen-bond acceptors (Lipinski definition) is 5. The van der Waals surface area contributed by atoms with Gasteiger partial charge in [0.25, 0.3) is 5.78 Å². The maximum Gasteiger partial charge on any atom is 0.433 e. The second kappa shape index (κ2) is 6.31. The van der Waals surface area contributed by atoms with Crippen LogP contribution in [-0.2, 0) is 6.18 Å². The number of hydrogen-bond donors (Lipinski definition) is 1. The Morgan fingerprint density at radius 2 is 2.12 bits per heavy atom. The smallest absolute Gasteiger partial charge is 0.433 e. The summed E-state index contributed by atoms with van der Waals surface area (Å²) in [6.07, 6.45) is -2.00. The summed E-state index contributed by atoms with van der Waals surface area (Å²) < 4.78 is 46.4. The maximum absolute atomic E-state index is 13.1. The fourth-order valence-electron chi connectivity index (χ4n) is 2.93. The number of aromatic nitrogens is 4. The molecule has 1 atom stereocenters. The van der Waals surface area contributed by atoms with Crippen molar-refractivity contribution in [3.05, 3.63) is 46.9 Å². The van der Waals surface area contributed by atoms with Gasteiger partial charge in [-0.15, -0.1) is 0 Å². The second-order valence-electron chi connectivity index (χ2n) is 5.87. The van der Waals surface area contributed by atoms with Gasteiger partial charge in [-0.25, -0.2) is 4.98 Å². The van der Waals surface area contributed by atoms with Crippen molar-refractivity contribution in [2.45, 2.75) is 25.1 Å². The molecule has 6 nitrogen and oxygen atoms in total. The van der Waals surface area contributed by atoms with Crippen molar-refractivity contribution in [2.24, 2.45) is 0 Å². The highest BCUT2D eigenvalue weighted by Crippen LogP contribution is 2.36. The number of ether oxygens (including phenoxy) is 1. The van der Waals surface area contributed by atoms with Crippen LogP contribution < -0.4 is 10.1 Å². The Morgan fingerprint density at radius 1 is 1.27 bits per heavy atom.